The molecular formula is C20H27ClN4O4. The number of carbonyl (C=O) groups is 1. The predicted octanol–water partition coefficient (Wildman–Crippen LogP) is 2.67. The molecule has 0 saturated carbocycles. The van der Waals surface area contributed by atoms with Crippen LogP contribution in [0.5, 0.6) is 17.4 Å². The number of carbonyl (C=O) groups excluding carboxylic acids is 1. The summed E-state index contributed by atoms with van der Waals surface area (Å²) in [5, 5.41) is 8.35. The van der Waals surface area contributed by atoms with Gasteiger partial charge >= 0.3 is 0 Å². The van der Waals surface area contributed by atoms with Crippen LogP contribution in [0, 0.1) is 0 Å². The minimum atomic E-state index is -0.0185. The third-order valence-corrected chi connectivity index (χ3v) is 4.60. The number of ether oxygens (including phenoxy) is 3. The van der Waals surface area contributed by atoms with Crippen LogP contribution in [0.2, 0.25) is 0 Å². The van der Waals surface area contributed by atoms with Crippen molar-refractivity contribution in [2.24, 2.45) is 0 Å². The van der Waals surface area contributed by atoms with Gasteiger partial charge in [-0.25, -0.2) is 0 Å². The van der Waals surface area contributed by atoms with Gasteiger partial charge in [-0.05, 0) is 30.7 Å². The quantitative estimate of drug-likeness (QED) is 0.678. The Bertz CT molecular complexity index is 796. The smallest absolute Gasteiger partial charge is 0.254 e. The Hall–Kier alpha value is -2.74. The fourth-order valence-corrected chi connectivity index (χ4v) is 3.06. The summed E-state index contributed by atoms with van der Waals surface area (Å²) in [5.41, 5.74) is 0.586. The van der Waals surface area contributed by atoms with Crippen molar-refractivity contribution in [2.45, 2.75) is 13.3 Å². The molecule has 2 heterocycles. The van der Waals surface area contributed by atoms with Gasteiger partial charge in [0.1, 0.15) is 0 Å². The second kappa shape index (κ2) is 10.7. The van der Waals surface area contributed by atoms with E-state index >= 15 is 0 Å². The first-order chi connectivity index (χ1) is 13.7. The van der Waals surface area contributed by atoms with Crippen LogP contribution in [0.1, 0.15) is 23.7 Å². The first kappa shape index (κ1) is 22.5. The summed E-state index contributed by atoms with van der Waals surface area (Å²) in [4.78, 5) is 16.8. The first-order valence-electron chi connectivity index (χ1n) is 9.39. The van der Waals surface area contributed by atoms with E-state index < -0.39 is 0 Å². The lowest BCUT2D eigenvalue weighted by Crippen LogP contribution is -2.49. The first-order valence-corrected chi connectivity index (χ1v) is 9.39. The SMILES string of the molecule is CCCOc1ccc(N2CCN(C(=O)c3ccc(OC)c(OC)c3)CC2)nn1.Cl. The number of anilines is 1. The Labute approximate surface area is 177 Å². The standard InChI is InChI=1S/C20H26N4O4.ClH/c1-4-13-28-19-8-7-18(21-22-19)23-9-11-24(12-10-23)20(25)15-5-6-16(26-2)17(14-15)27-3;/h5-8,14H,4,9-13H2,1-3H3;1H. The van der Waals surface area contributed by atoms with Crippen molar-refractivity contribution in [1.29, 1.82) is 0 Å². The van der Waals surface area contributed by atoms with E-state index in [1.807, 2.05) is 24.0 Å². The van der Waals surface area contributed by atoms with Crippen molar-refractivity contribution in [3.8, 4) is 17.4 Å². The molecule has 0 spiro atoms. The van der Waals surface area contributed by atoms with Crippen LogP contribution in [0.25, 0.3) is 0 Å². The van der Waals surface area contributed by atoms with Gasteiger partial charge in [0.2, 0.25) is 5.88 Å². The number of halogens is 1. The monoisotopic (exact) mass is 422 g/mol. The molecule has 0 N–H and O–H groups in total. The normalized spacial score (nSPS) is 13.5. The summed E-state index contributed by atoms with van der Waals surface area (Å²) in [5.74, 6) is 2.46. The van der Waals surface area contributed by atoms with E-state index in [2.05, 4.69) is 15.1 Å². The Morgan fingerprint density at radius 1 is 1.00 bits per heavy atom. The number of methoxy groups -OCH3 is 2. The molecule has 1 aromatic heterocycles. The van der Waals surface area contributed by atoms with Crippen LogP contribution >= 0.6 is 12.4 Å². The van der Waals surface area contributed by atoms with E-state index in [-0.39, 0.29) is 18.3 Å². The Balaban J connectivity index is 0.00000300. The van der Waals surface area contributed by atoms with Gasteiger partial charge in [-0.3, -0.25) is 4.79 Å². The van der Waals surface area contributed by atoms with Gasteiger partial charge in [0, 0.05) is 37.8 Å². The molecule has 1 saturated heterocycles. The molecule has 1 fully saturated rings. The van der Waals surface area contributed by atoms with Gasteiger partial charge in [0.25, 0.3) is 5.91 Å². The summed E-state index contributed by atoms with van der Waals surface area (Å²) in [6, 6.07) is 8.97. The maximum absolute atomic E-state index is 12.8. The number of nitrogens with zero attached hydrogens (tertiary/aromatic N) is 4. The van der Waals surface area contributed by atoms with Gasteiger partial charge in [-0.15, -0.1) is 22.6 Å². The molecule has 0 unspecified atom stereocenters. The number of rotatable bonds is 7. The van der Waals surface area contributed by atoms with Crippen LogP contribution in [-0.2, 0) is 0 Å². The fourth-order valence-electron chi connectivity index (χ4n) is 3.06. The third kappa shape index (κ3) is 5.41. The van der Waals surface area contributed by atoms with Crippen molar-refractivity contribution in [3.05, 3.63) is 35.9 Å². The maximum Gasteiger partial charge on any atom is 0.254 e. The number of amides is 1. The highest BCUT2D eigenvalue weighted by atomic mass is 35.5. The molecule has 158 valence electrons. The average Bonchev–Trinajstić information content (AvgIpc) is 2.77. The van der Waals surface area contributed by atoms with Crippen LogP contribution < -0.4 is 19.1 Å². The van der Waals surface area contributed by atoms with Gasteiger partial charge in [-0.1, -0.05) is 6.92 Å². The van der Waals surface area contributed by atoms with Crippen molar-refractivity contribution in [3.63, 3.8) is 0 Å². The minimum absolute atomic E-state index is 0. The highest BCUT2D eigenvalue weighted by Gasteiger charge is 2.24. The summed E-state index contributed by atoms with van der Waals surface area (Å²) < 4.78 is 16.0. The third-order valence-electron chi connectivity index (χ3n) is 4.60. The summed E-state index contributed by atoms with van der Waals surface area (Å²) in [6.07, 6.45) is 0.930. The van der Waals surface area contributed by atoms with Crippen molar-refractivity contribution < 1.29 is 19.0 Å². The second-order valence-electron chi connectivity index (χ2n) is 6.43. The molecule has 1 aliphatic heterocycles. The van der Waals surface area contributed by atoms with E-state index in [4.69, 9.17) is 14.2 Å². The van der Waals surface area contributed by atoms with E-state index in [0.29, 0.717) is 55.7 Å². The number of benzene rings is 1. The van der Waals surface area contributed by atoms with E-state index in [1.165, 1.54) is 0 Å². The Morgan fingerprint density at radius 3 is 2.31 bits per heavy atom. The number of aromatic nitrogens is 2. The van der Waals surface area contributed by atoms with E-state index in [0.717, 1.165) is 12.2 Å². The fraction of sp³-hybridized carbons (Fsp3) is 0.450. The van der Waals surface area contributed by atoms with E-state index in [1.54, 1.807) is 32.4 Å². The zero-order chi connectivity index (χ0) is 19.9. The van der Waals surface area contributed by atoms with Gasteiger partial charge in [0.05, 0.1) is 20.8 Å². The zero-order valence-electron chi connectivity index (χ0n) is 17.0. The Morgan fingerprint density at radius 2 is 1.72 bits per heavy atom. The number of hydrogen-bond donors (Lipinski definition) is 0. The summed E-state index contributed by atoms with van der Waals surface area (Å²) in [6.45, 7) is 5.30. The molecular weight excluding hydrogens is 396 g/mol. The highest BCUT2D eigenvalue weighted by molar-refractivity contribution is 5.95. The molecule has 1 aromatic carbocycles. The molecule has 2 aromatic rings. The molecule has 0 aliphatic carbocycles. The highest BCUT2D eigenvalue weighted by Crippen LogP contribution is 2.28. The second-order valence-corrected chi connectivity index (χ2v) is 6.43. The maximum atomic E-state index is 12.8. The molecule has 0 bridgehead atoms. The topological polar surface area (TPSA) is 77.0 Å². The lowest BCUT2D eigenvalue weighted by molar-refractivity contribution is 0.0746. The molecule has 9 heteroatoms. The molecule has 8 nitrogen and oxygen atoms in total. The molecule has 1 amide bonds. The van der Waals surface area contributed by atoms with Crippen LogP contribution in [0.4, 0.5) is 5.82 Å². The van der Waals surface area contributed by atoms with E-state index in [9.17, 15) is 4.79 Å². The van der Waals surface area contributed by atoms with Crippen LogP contribution in [-0.4, -0.2) is 68.0 Å². The Kier molecular flexibility index (Phi) is 8.33. The molecule has 1 aliphatic rings. The van der Waals surface area contributed by atoms with Gasteiger partial charge < -0.3 is 24.0 Å². The van der Waals surface area contributed by atoms with Gasteiger partial charge in [0.15, 0.2) is 17.3 Å². The largest absolute Gasteiger partial charge is 0.493 e. The zero-order valence-corrected chi connectivity index (χ0v) is 17.8. The lowest BCUT2D eigenvalue weighted by atomic mass is 10.1. The van der Waals surface area contributed by atoms with Crippen molar-refractivity contribution in [1.82, 2.24) is 15.1 Å². The molecule has 0 radical (unpaired) electrons. The molecule has 29 heavy (non-hydrogen) atoms. The summed E-state index contributed by atoms with van der Waals surface area (Å²) in [7, 11) is 3.13. The van der Waals surface area contributed by atoms with Crippen LogP contribution in [0.3, 0.4) is 0 Å². The molecule has 0 atom stereocenters. The molecule has 3 rings (SSSR count). The van der Waals surface area contributed by atoms with Crippen molar-refractivity contribution in [2.75, 3.05) is 51.9 Å². The lowest BCUT2D eigenvalue weighted by Gasteiger charge is -2.35. The summed E-state index contributed by atoms with van der Waals surface area (Å²) >= 11 is 0. The predicted molar refractivity (Wildman–Crippen MR) is 113 cm³/mol. The number of piperazine rings is 1. The van der Waals surface area contributed by atoms with Crippen LogP contribution in [0.15, 0.2) is 30.3 Å². The number of hydrogen-bond acceptors (Lipinski definition) is 7. The minimum Gasteiger partial charge on any atom is -0.493 e. The van der Waals surface area contributed by atoms with Crippen molar-refractivity contribution >= 4 is 24.1 Å². The average molecular weight is 423 g/mol. The van der Waals surface area contributed by atoms with Gasteiger partial charge in [-0.2, -0.15) is 0 Å².